The third kappa shape index (κ3) is 4.07. The molecule has 2 aromatic carbocycles. The number of pyridine rings is 1. The summed E-state index contributed by atoms with van der Waals surface area (Å²) in [6.07, 6.45) is 1.64. The van der Waals surface area contributed by atoms with Crippen LogP contribution in [0.1, 0.15) is 18.4 Å². The molecule has 0 aliphatic carbocycles. The fourth-order valence-electron chi connectivity index (χ4n) is 3.87. The predicted molar refractivity (Wildman–Crippen MR) is 117 cm³/mol. The standard InChI is InChI=1S/C24H22F2N4O2/c1-32-21-12-22(30-8-6-17(28)7-9-30)29-24(15-2-3-16(13-27)19(26)10-15)23(21)14-4-5-18(25)20(31)11-14/h2-5,10-12,17,31H,6-9,28H2,1H3. The molecule has 6 nitrogen and oxygen atoms in total. The van der Waals surface area contributed by atoms with E-state index >= 15 is 0 Å². The number of aromatic nitrogens is 1. The third-order valence-corrected chi connectivity index (χ3v) is 5.65. The molecule has 164 valence electrons. The average Bonchev–Trinajstić information content (AvgIpc) is 2.80. The van der Waals surface area contributed by atoms with Crippen molar-refractivity contribution in [3.05, 3.63) is 59.7 Å². The summed E-state index contributed by atoms with van der Waals surface area (Å²) in [5.74, 6) is -0.865. The number of phenolic OH excluding ortho intramolecular Hbond substituents is 1. The van der Waals surface area contributed by atoms with Gasteiger partial charge in [0, 0.05) is 30.8 Å². The number of aromatic hydroxyl groups is 1. The number of hydrogen-bond donors (Lipinski definition) is 2. The van der Waals surface area contributed by atoms with Gasteiger partial charge in [0.15, 0.2) is 11.6 Å². The largest absolute Gasteiger partial charge is 0.505 e. The Balaban J connectivity index is 1.94. The van der Waals surface area contributed by atoms with E-state index in [1.54, 1.807) is 12.1 Å². The molecule has 2 heterocycles. The molecule has 0 atom stereocenters. The Hall–Kier alpha value is -3.70. The number of piperidine rings is 1. The van der Waals surface area contributed by atoms with Crippen LogP contribution in [-0.2, 0) is 0 Å². The molecule has 1 fully saturated rings. The van der Waals surface area contributed by atoms with Crippen LogP contribution in [0.15, 0.2) is 42.5 Å². The lowest BCUT2D eigenvalue weighted by Crippen LogP contribution is -2.40. The van der Waals surface area contributed by atoms with E-state index in [0.29, 0.717) is 34.0 Å². The smallest absolute Gasteiger partial charge is 0.164 e. The number of methoxy groups -OCH3 is 1. The minimum absolute atomic E-state index is 0.0807. The molecule has 0 radical (unpaired) electrons. The first-order valence-electron chi connectivity index (χ1n) is 10.2. The second-order valence-electron chi connectivity index (χ2n) is 7.70. The summed E-state index contributed by atoms with van der Waals surface area (Å²) in [4.78, 5) is 6.89. The van der Waals surface area contributed by atoms with Crippen molar-refractivity contribution in [1.82, 2.24) is 4.98 Å². The van der Waals surface area contributed by atoms with Gasteiger partial charge >= 0.3 is 0 Å². The first-order chi connectivity index (χ1) is 15.4. The summed E-state index contributed by atoms with van der Waals surface area (Å²) in [7, 11) is 1.50. The monoisotopic (exact) mass is 436 g/mol. The van der Waals surface area contributed by atoms with Gasteiger partial charge in [0.05, 0.1) is 23.9 Å². The molecule has 1 aliphatic rings. The fourth-order valence-corrected chi connectivity index (χ4v) is 3.87. The molecule has 0 bridgehead atoms. The molecular formula is C24H22F2N4O2. The Morgan fingerprint density at radius 3 is 2.44 bits per heavy atom. The Bertz CT molecular complexity index is 1200. The predicted octanol–water partition coefficient (Wildman–Crippen LogP) is 4.21. The molecule has 0 spiro atoms. The van der Waals surface area contributed by atoms with Crippen molar-refractivity contribution in [2.45, 2.75) is 18.9 Å². The lowest BCUT2D eigenvalue weighted by atomic mass is 9.96. The van der Waals surface area contributed by atoms with Gasteiger partial charge in [0.25, 0.3) is 0 Å². The van der Waals surface area contributed by atoms with Gasteiger partial charge in [-0.15, -0.1) is 0 Å². The van der Waals surface area contributed by atoms with E-state index in [2.05, 4.69) is 4.90 Å². The number of nitrogens with two attached hydrogens (primary N) is 1. The first kappa shape index (κ1) is 21.5. The summed E-state index contributed by atoms with van der Waals surface area (Å²) in [5.41, 5.74) is 7.70. The normalized spacial score (nSPS) is 14.3. The van der Waals surface area contributed by atoms with Crippen LogP contribution >= 0.6 is 0 Å². The SMILES string of the molecule is COc1cc(N2CCC(N)CC2)nc(-c2ccc(C#N)c(F)c2)c1-c1ccc(F)c(O)c1. The number of halogens is 2. The van der Waals surface area contributed by atoms with Gasteiger partial charge in [-0.25, -0.2) is 13.8 Å². The number of nitrogens with zero attached hydrogens (tertiary/aromatic N) is 3. The Morgan fingerprint density at radius 1 is 1.09 bits per heavy atom. The summed E-state index contributed by atoms with van der Waals surface area (Å²) < 4.78 is 33.8. The molecule has 0 saturated carbocycles. The number of phenols is 1. The lowest BCUT2D eigenvalue weighted by molar-refractivity contribution is 0.415. The molecule has 4 rings (SSSR count). The van der Waals surface area contributed by atoms with Crippen LogP contribution in [0.5, 0.6) is 11.5 Å². The number of rotatable bonds is 4. The van der Waals surface area contributed by atoms with E-state index in [-0.39, 0.29) is 11.6 Å². The zero-order valence-electron chi connectivity index (χ0n) is 17.5. The number of anilines is 1. The second-order valence-corrected chi connectivity index (χ2v) is 7.70. The molecule has 1 aliphatic heterocycles. The lowest BCUT2D eigenvalue weighted by Gasteiger charge is -2.32. The van der Waals surface area contributed by atoms with Crippen molar-refractivity contribution < 1.29 is 18.6 Å². The van der Waals surface area contributed by atoms with Crippen LogP contribution in [0, 0.1) is 23.0 Å². The summed E-state index contributed by atoms with van der Waals surface area (Å²) in [5, 5.41) is 19.0. The second kappa shape index (κ2) is 8.81. The van der Waals surface area contributed by atoms with Crippen LogP contribution in [-0.4, -0.2) is 36.3 Å². The van der Waals surface area contributed by atoms with Crippen molar-refractivity contribution >= 4 is 5.82 Å². The molecular weight excluding hydrogens is 414 g/mol. The molecule has 3 N–H and O–H groups in total. The topological polar surface area (TPSA) is 95.4 Å². The zero-order chi connectivity index (χ0) is 22.8. The van der Waals surface area contributed by atoms with E-state index in [0.717, 1.165) is 32.0 Å². The van der Waals surface area contributed by atoms with Gasteiger partial charge in [-0.05, 0) is 42.7 Å². The zero-order valence-corrected chi connectivity index (χ0v) is 17.5. The van der Waals surface area contributed by atoms with E-state index in [1.165, 1.54) is 31.4 Å². The highest BCUT2D eigenvalue weighted by molar-refractivity contribution is 5.87. The summed E-state index contributed by atoms with van der Waals surface area (Å²) in [6.45, 7) is 1.43. The fraction of sp³-hybridized carbons (Fsp3) is 0.250. The minimum Gasteiger partial charge on any atom is -0.505 e. The number of benzene rings is 2. The maximum atomic E-state index is 14.5. The van der Waals surface area contributed by atoms with Crippen LogP contribution < -0.4 is 15.4 Å². The van der Waals surface area contributed by atoms with E-state index < -0.39 is 17.4 Å². The van der Waals surface area contributed by atoms with Crippen molar-refractivity contribution in [2.24, 2.45) is 5.73 Å². The molecule has 32 heavy (non-hydrogen) atoms. The third-order valence-electron chi connectivity index (χ3n) is 5.65. The minimum atomic E-state index is -0.757. The highest BCUT2D eigenvalue weighted by Gasteiger charge is 2.23. The highest BCUT2D eigenvalue weighted by atomic mass is 19.1. The van der Waals surface area contributed by atoms with Gasteiger partial charge in [-0.2, -0.15) is 5.26 Å². The van der Waals surface area contributed by atoms with Crippen LogP contribution in [0.3, 0.4) is 0 Å². The van der Waals surface area contributed by atoms with Gasteiger partial charge in [0.1, 0.15) is 23.5 Å². The van der Waals surface area contributed by atoms with Gasteiger partial charge in [0.2, 0.25) is 0 Å². The van der Waals surface area contributed by atoms with Crippen LogP contribution in [0.2, 0.25) is 0 Å². The first-order valence-corrected chi connectivity index (χ1v) is 10.2. The van der Waals surface area contributed by atoms with Gasteiger partial charge in [-0.3, -0.25) is 0 Å². The number of nitriles is 1. The average molecular weight is 436 g/mol. The molecule has 0 amide bonds. The maximum absolute atomic E-state index is 14.5. The van der Waals surface area contributed by atoms with Gasteiger partial charge < -0.3 is 20.5 Å². The van der Waals surface area contributed by atoms with E-state index in [1.807, 2.05) is 6.07 Å². The Kier molecular flexibility index (Phi) is 5.93. The van der Waals surface area contributed by atoms with Crippen molar-refractivity contribution in [2.75, 3.05) is 25.1 Å². The van der Waals surface area contributed by atoms with Crippen molar-refractivity contribution in [3.63, 3.8) is 0 Å². The molecule has 0 unspecified atom stereocenters. The van der Waals surface area contributed by atoms with E-state index in [4.69, 9.17) is 20.7 Å². The number of hydrogen-bond acceptors (Lipinski definition) is 6. The maximum Gasteiger partial charge on any atom is 0.164 e. The summed E-state index contributed by atoms with van der Waals surface area (Å²) >= 11 is 0. The highest BCUT2D eigenvalue weighted by Crippen LogP contribution is 2.42. The molecule has 3 aromatic rings. The Labute approximate surface area is 184 Å². The Morgan fingerprint density at radius 2 is 1.81 bits per heavy atom. The molecule has 8 heteroatoms. The summed E-state index contributed by atoms with van der Waals surface area (Å²) in [6, 6.07) is 11.9. The molecule has 1 saturated heterocycles. The molecule has 1 aromatic heterocycles. The van der Waals surface area contributed by atoms with Crippen LogP contribution in [0.25, 0.3) is 22.4 Å². The van der Waals surface area contributed by atoms with Crippen molar-refractivity contribution in [1.29, 1.82) is 5.26 Å². The van der Waals surface area contributed by atoms with Crippen molar-refractivity contribution in [3.8, 4) is 40.0 Å². The van der Waals surface area contributed by atoms with Gasteiger partial charge in [-0.1, -0.05) is 12.1 Å². The van der Waals surface area contributed by atoms with E-state index in [9.17, 15) is 13.9 Å². The quantitative estimate of drug-likeness (QED) is 0.636. The van der Waals surface area contributed by atoms with Crippen LogP contribution in [0.4, 0.5) is 14.6 Å². The number of ether oxygens (including phenoxy) is 1.